The molecule has 2 aliphatic rings. The quantitative estimate of drug-likeness (QED) is 0.450. The molecule has 2 atom stereocenters. The first-order chi connectivity index (χ1) is 17.1. The smallest absolute Gasteiger partial charge is 0.249 e. The fourth-order valence-corrected chi connectivity index (χ4v) is 6.23. The average Bonchev–Trinajstić information content (AvgIpc) is 3.61. The summed E-state index contributed by atoms with van der Waals surface area (Å²) < 4.78 is 14.3. The lowest BCUT2D eigenvalue weighted by molar-refractivity contribution is -0.137. The zero-order chi connectivity index (χ0) is 24.2. The number of anilines is 1. The third-order valence-corrected chi connectivity index (χ3v) is 7.96. The van der Waals surface area contributed by atoms with Crippen LogP contribution in [0.1, 0.15) is 49.0 Å². The Bertz CT molecular complexity index is 1160. The molecule has 3 aromatic rings. The number of amides is 2. The van der Waals surface area contributed by atoms with Crippen molar-refractivity contribution in [2.24, 2.45) is 5.92 Å². The van der Waals surface area contributed by atoms with Crippen molar-refractivity contribution in [3.8, 4) is 11.3 Å². The van der Waals surface area contributed by atoms with E-state index in [0.29, 0.717) is 23.9 Å². The molecule has 0 radical (unpaired) electrons. The molecule has 1 aliphatic carbocycles. The summed E-state index contributed by atoms with van der Waals surface area (Å²) in [5.74, 6) is -0.103. The first kappa shape index (κ1) is 23.7. The molecule has 1 saturated heterocycles. The number of alkyl halides is 1. The molecular formula is C28H30FN3O2S. The summed E-state index contributed by atoms with van der Waals surface area (Å²) in [4.78, 5) is 33.4. The molecule has 0 bridgehead atoms. The molecule has 2 heterocycles. The zero-order valence-corrected chi connectivity index (χ0v) is 20.5. The van der Waals surface area contributed by atoms with Gasteiger partial charge in [0.15, 0.2) is 5.13 Å². The lowest BCUT2D eigenvalue weighted by Gasteiger charge is -2.24. The van der Waals surface area contributed by atoms with Gasteiger partial charge in [0.2, 0.25) is 11.8 Å². The van der Waals surface area contributed by atoms with E-state index in [4.69, 9.17) is 4.98 Å². The van der Waals surface area contributed by atoms with E-state index in [2.05, 4.69) is 17.4 Å². The van der Waals surface area contributed by atoms with E-state index in [1.165, 1.54) is 16.2 Å². The second-order valence-electron chi connectivity index (χ2n) is 9.56. The summed E-state index contributed by atoms with van der Waals surface area (Å²) >= 11 is 1.43. The molecule has 1 aromatic heterocycles. The van der Waals surface area contributed by atoms with Gasteiger partial charge in [0.1, 0.15) is 12.2 Å². The topological polar surface area (TPSA) is 62.3 Å². The third kappa shape index (κ3) is 5.61. The SMILES string of the molecule is O=C(Nc1nc(-c2ccccc2)c(Cc2ccccc2)s1)C1CC(F)CN1C(=O)CC1CCCC1. The maximum Gasteiger partial charge on any atom is 0.249 e. The fourth-order valence-electron chi connectivity index (χ4n) is 5.20. The highest BCUT2D eigenvalue weighted by molar-refractivity contribution is 7.16. The van der Waals surface area contributed by atoms with Gasteiger partial charge >= 0.3 is 0 Å². The predicted octanol–water partition coefficient (Wildman–Crippen LogP) is 5.86. The average molecular weight is 492 g/mol. The van der Waals surface area contributed by atoms with Gasteiger partial charge in [0.05, 0.1) is 12.2 Å². The monoisotopic (exact) mass is 491 g/mol. The van der Waals surface area contributed by atoms with Gasteiger partial charge in [-0.25, -0.2) is 9.37 Å². The highest BCUT2D eigenvalue weighted by Gasteiger charge is 2.40. The number of nitrogens with zero attached hydrogens (tertiary/aromatic N) is 2. The molecular weight excluding hydrogens is 461 g/mol. The number of hydrogen-bond acceptors (Lipinski definition) is 4. The highest BCUT2D eigenvalue weighted by atomic mass is 32.1. The van der Waals surface area contributed by atoms with E-state index in [0.717, 1.165) is 47.4 Å². The van der Waals surface area contributed by atoms with Crippen molar-refractivity contribution in [3.05, 3.63) is 71.1 Å². The molecule has 5 nitrogen and oxygen atoms in total. The summed E-state index contributed by atoms with van der Waals surface area (Å²) in [7, 11) is 0. The Labute approximate surface area is 209 Å². The molecule has 5 rings (SSSR count). The number of carbonyl (C=O) groups is 2. The number of carbonyl (C=O) groups excluding carboxylic acids is 2. The predicted molar refractivity (Wildman–Crippen MR) is 137 cm³/mol. The van der Waals surface area contributed by atoms with Crippen LogP contribution in [0.5, 0.6) is 0 Å². The number of rotatable bonds is 7. The van der Waals surface area contributed by atoms with Gasteiger partial charge in [-0.05, 0) is 24.3 Å². The zero-order valence-electron chi connectivity index (χ0n) is 19.7. The summed E-state index contributed by atoms with van der Waals surface area (Å²) in [5, 5.41) is 3.38. The van der Waals surface area contributed by atoms with Gasteiger partial charge in [-0.3, -0.25) is 9.59 Å². The summed E-state index contributed by atoms with van der Waals surface area (Å²) in [5.41, 5.74) is 2.97. The van der Waals surface area contributed by atoms with Crippen molar-refractivity contribution in [2.45, 2.75) is 57.2 Å². The molecule has 2 unspecified atom stereocenters. The van der Waals surface area contributed by atoms with E-state index < -0.39 is 12.2 Å². The Morgan fingerprint density at radius 1 is 1.03 bits per heavy atom. The van der Waals surface area contributed by atoms with Crippen LogP contribution in [0, 0.1) is 5.92 Å². The van der Waals surface area contributed by atoms with Crippen LogP contribution in [-0.2, 0) is 16.0 Å². The van der Waals surface area contributed by atoms with Crippen LogP contribution >= 0.6 is 11.3 Å². The number of nitrogens with one attached hydrogen (secondary N) is 1. The number of thiazole rings is 1. The second-order valence-corrected chi connectivity index (χ2v) is 10.6. The number of likely N-dealkylation sites (tertiary alicyclic amines) is 1. The van der Waals surface area contributed by atoms with E-state index in [1.807, 2.05) is 48.5 Å². The van der Waals surface area contributed by atoms with Crippen LogP contribution in [0.15, 0.2) is 60.7 Å². The molecule has 1 saturated carbocycles. The maximum absolute atomic E-state index is 14.3. The number of aromatic nitrogens is 1. The Morgan fingerprint density at radius 3 is 2.43 bits per heavy atom. The second kappa shape index (κ2) is 10.7. The van der Waals surface area contributed by atoms with Crippen LogP contribution in [-0.4, -0.2) is 40.5 Å². The number of benzene rings is 2. The molecule has 7 heteroatoms. The van der Waals surface area contributed by atoms with Crippen LogP contribution < -0.4 is 5.32 Å². The summed E-state index contributed by atoms with van der Waals surface area (Å²) in [6.45, 7) is -0.00394. The lowest BCUT2D eigenvalue weighted by Crippen LogP contribution is -2.43. The lowest BCUT2D eigenvalue weighted by atomic mass is 10.0. The fraction of sp³-hybridized carbons (Fsp3) is 0.393. The van der Waals surface area contributed by atoms with Crippen molar-refractivity contribution >= 4 is 28.3 Å². The van der Waals surface area contributed by atoms with Crippen LogP contribution in [0.2, 0.25) is 0 Å². The highest BCUT2D eigenvalue weighted by Crippen LogP contribution is 2.34. The van der Waals surface area contributed by atoms with Gasteiger partial charge in [0, 0.05) is 29.7 Å². The molecule has 1 aliphatic heterocycles. The van der Waals surface area contributed by atoms with Crippen LogP contribution in [0.25, 0.3) is 11.3 Å². The Hall–Kier alpha value is -3.06. The summed E-state index contributed by atoms with van der Waals surface area (Å²) in [6, 6.07) is 19.2. The summed E-state index contributed by atoms with van der Waals surface area (Å²) in [6.07, 6.45) is 4.34. The van der Waals surface area contributed by atoms with E-state index in [1.54, 1.807) is 0 Å². The van der Waals surface area contributed by atoms with E-state index >= 15 is 0 Å². The standard InChI is InChI=1S/C28H30FN3O2S/c29-22-17-23(32(18-22)25(33)16-20-11-7-8-12-20)27(34)31-28-30-26(21-13-5-2-6-14-21)24(35-28)15-19-9-3-1-4-10-19/h1-6,9-10,13-14,20,22-23H,7-8,11-12,15-18H2,(H,30,31,34). The van der Waals surface area contributed by atoms with Crippen molar-refractivity contribution in [1.82, 2.24) is 9.88 Å². The van der Waals surface area contributed by atoms with Crippen molar-refractivity contribution in [1.29, 1.82) is 0 Å². The molecule has 2 aromatic carbocycles. The van der Waals surface area contributed by atoms with Crippen LogP contribution in [0.4, 0.5) is 9.52 Å². The van der Waals surface area contributed by atoms with E-state index in [9.17, 15) is 14.0 Å². The molecule has 2 amide bonds. The van der Waals surface area contributed by atoms with E-state index in [-0.39, 0.29) is 24.8 Å². The largest absolute Gasteiger partial charge is 0.328 e. The maximum atomic E-state index is 14.3. The van der Waals surface area contributed by atoms with Gasteiger partial charge in [-0.1, -0.05) is 73.5 Å². The minimum Gasteiger partial charge on any atom is -0.328 e. The Morgan fingerprint density at radius 2 is 1.71 bits per heavy atom. The first-order valence-corrected chi connectivity index (χ1v) is 13.2. The van der Waals surface area contributed by atoms with Gasteiger partial charge in [-0.15, -0.1) is 11.3 Å². The molecule has 35 heavy (non-hydrogen) atoms. The van der Waals surface area contributed by atoms with Crippen molar-refractivity contribution < 1.29 is 14.0 Å². The van der Waals surface area contributed by atoms with Gasteiger partial charge in [0.25, 0.3) is 0 Å². The van der Waals surface area contributed by atoms with Crippen LogP contribution in [0.3, 0.4) is 0 Å². The van der Waals surface area contributed by atoms with Crippen molar-refractivity contribution in [2.75, 3.05) is 11.9 Å². The minimum absolute atomic E-state index is 0.00394. The number of hydrogen-bond donors (Lipinski definition) is 1. The Kier molecular flexibility index (Phi) is 7.23. The molecule has 0 spiro atoms. The first-order valence-electron chi connectivity index (χ1n) is 12.4. The van der Waals surface area contributed by atoms with Gasteiger partial charge in [-0.2, -0.15) is 0 Å². The molecule has 2 fully saturated rings. The third-order valence-electron chi connectivity index (χ3n) is 6.99. The minimum atomic E-state index is -1.18. The van der Waals surface area contributed by atoms with Gasteiger partial charge < -0.3 is 10.2 Å². The van der Waals surface area contributed by atoms with Crippen molar-refractivity contribution in [3.63, 3.8) is 0 Å². The number of halogens is 1. The Balaban J connectivity index is 1.34. The molecule has 182 valence electrons. The normalized spacial score (nSPS) is 20.3. The molecule has 1 N–H and O–H groups in total.